The minimum Gasteiger partial charge on any atom is -0.353 e. The molecule has 2 aromatic rings. The molecule has 0 heterocycles. The Bertz CT molecular complexity index is 618. The van der Waals surface area contributed by atoms with Gasteiger partial charge in [0.25, 0.3) is 0 Å². The smallest absolute Gasteiger partial charge is 0.183 e. The number of nitrogens with zero attached hydrogens (tertiary/aromatic N) is 1. The van der Waals surface area contributed by atoms with E-state index < -0.39 is 11.6 Å². The molecule has 0 spiro atoms. The van der Waals surface area contributed by atoms with Crippen LogP contribution in [0.4, 0.5) is 20.2 Å². The Kier molecular flexibility index (Phi) is 3.77. The molecule has 0 fully saturated rings. The van der Waals surface area contributed by atoms with Gasteiger partial charge in [0.05, 0.1) is 11.3 Å². The summed E-state index contributed by atoms with van der Waals surface area (Å²) < 4.78 is 28.1. The summed E-state index contributed by atoms with van der Waals surface area (Å²) in [6.45, 7) is 0. The summed E-state index contributed by atoms with van der Waals surface area (Å²) in [6.07, 6.45) is 0. The van der Waals surface area contributed by atoms with Gasteiger partial charge in [-0.25, -0.2) is 8.78 Å². The molecule has 90 valence electrons. The first-order valence-corrected chi connectivity index (χ1v) is 6.10. The number of halogens is 3. The lowest BCUT2D eigenvalue weighted by Crippen LogP contribution is -1.98. The van der Waals surface area contributed by atoms with E-state index in [0.29, 0.717) is 5.69 Å². The first-order valence-electron chi connectivity index (χ1n) is 5.02. The zero-order valence-corrected chi connectivity index (χ0v) is 11.2. The van der Waals surface area contributed by atoms with Crippen LogP contribution in [0.1, 0.15) is 5.56 Å². The van der Waals surface area contributed by atoms with Crippen LogP contribution in [-0.4, -0.2) is 0 Å². The second-order valence-electron chi connectivity index (χ2n) is 3.53. The van der Waals surface area contributed by atoms with Crippen LogP contribution in [0, 0.1) is 26.5 Å². The van der Waals surface area contributed by atoms with Crippen LogP contribution in [0.15, 0.2) is 36.4 Å². The molecule has 0 amide bonds. The molecule has 2 rings (SSSR count). The van der Waals surface area contributed by atoms with Crippen molar-refractivity contribution in [1.82, 2.24) is 0 Å². The second kappa shape index (κ2) is 5.31. The Morgan fingerprint density at radius 3 is 2.28 bits per heavy atom. The number of anilines is 2. The fraction of sp³-hybridized carbons (Fsp3) is 0. The van der Waals surface area contributed by atoms with E-state index in [4.69, 9.17) is 5.26 Å². The monoisotopic (exact) mass is 356 g/mol. The summed E-state index contributed by atoms with van der Waals surface area (Å²) >= 11 is 2.15. The van der Waals surface area contributed by atoms with Gasteiger partial charge in [-0.3, -0.25) is 0 Å². The largest absolute Gasteiger partial charge is 0.353 e. The predicted octanol–water partition coefficient (Wildman–Crippen LogP) is 4.18. The van der Waals surface area contributed by atoms with Crippen LogP contribution in [0.3, 0.4) is 0 Å². The second-order valence-corrected chi connectivity index (χ2v) is 4.78. The molecule has 18 heavy (non-hydrogen) atoms. The van der Waals surface area contributed by atoms with Crippen LogP contribution < -0.4 is 5.32 Å². The van der Waals surface area contributed by atoms with Crippen LogP contribution in [0.25, 0.3) is 0 Å². The Balaban J connectivity index is 2.33. The maximum atomic E-state index is 13.6. The lowest BCUT2D eigenvalue weighted by atomic mass is 10.2. The van der Waals surface area contributed by atoms with Crippen molar-refractivity contribution in [2.75, 3.05) is 5.32 Å². The van der Waals surface area contributed by atoms with E-state index in [1.807, 2.05) is 12.1 Å². The topological polar surface area (TPSA) is 35.8 Å². The van der Waals surface area contributed by atoms with Gasteiger partial charge < -0.3 is 5.32 Å². The summed E-state index contributed by atoms with van der Waals surface area (Å²) in [5, 5.41) is 11.3. The summed E-state index contributed by atoms with van der Waals surface area (Å²) in [4.78, 5) is 0. The minimum absolute atomic E-state index is 0.00714. The molecule has 5 heteroatoms. The molecule has 2 aromatic carbocycles. The first-order chi connectivity index (χ1) is 8.61. The zero-order chi connectivity index (χ0) is 13.1. The van der Waals surface area contributed by atoms with Gasteiger partial charge >= 0.3 is 0 Å². The maximum absolute atomic E-state index is 13.6. The summed E-state index contributed by atoms with van der Waals surface area (Å²) in [7, 11) is 0. The lowest BCUT2D eigenvalue weighted by molar-refractivity contribution is 0.509. The molecule has 0 radical (unpaired) electrons. The summed E-state index contributed by atoms with van der Waals surface area (Å²) in [5.41, 5.74) is 0.354. The summed E-state index contributed by atoms with van der Waals surface area (Å²) in [5.74, 6) is -2.18. The quantitative estimate of drug-likeness (QED) is 0.820. The Hall–Kier alpha value is -1.68. The molecular weight excluding hydrogens is 349 g/mol. The number of rotatable bonds is 2. The van der Waals surface area contributed by atoms with Gasteiger partial charge in [-0.05, 0) is 59.0 Å². The number of nitriles is 1. The van der Waals surface area contributed by atoms with Crippen molar-refractivity contribution in [2.45, 2.75) is 0 Å². The van der Waals surface area contributed by atoms with E-state index in [0.717, 1.165) is 3.57 Å². The molecule has 0 saturated heterocycles. The Morgan fingerprint density at radius 2 is 1.67 bits per heavy atom. The summed E-state index contributed by atoms with van der Waals surface area (Å²) in [6, 6.07) is 11.4. The van der Waals surface area contributed by atoms with Crippen LogP contribution in [0.2, 0.25) is 0 Å². The highest BCUT2D eigenvalue weighted by Gasteiger charge is 2.13. The molecule has 0 aliphatic carbocycles. The van der Waals surface area contributed by atoms with E-state index in [1.165, 1.54) is 12.1 Å². The first kappa shape index (κ1) is 12.8. The molecule has 0 aliphatic rings. The van der Waals surface area contributed by atoms with Crippen molar-refractivity contribution in [3.8, 4) is 6.07 Å². The van der Waals surface area contributed by atoms with Gasteiger partial charge in [0.1, 0.15) is 6.07 Å². The van der Waals surface area contributed by atoms with Crippen molar-refractivity contribution < 1.29 is 8.78 Å². The number of nitrogens with one attached hydrogen (secondary N) is 1. The molecule has 2 nitrogen and oxygen atoms in total. The highest BCUT2D eigenvalue weighted by atomic mass is 127. The predicted molar refractivity (Wildman–Crippen MR) is 73.5 cm³/mol. The molecule has 1 N–H and O–H groups in total. The standard InChI is InChI=1S/C13H7F2IN2/c14-12-8(7-17)1-6-11(13(12)15)18-10-4-2-9(16)3-5-10/h1-6,18H. The number of benzene rings is 2. The van der Waals surface area contributed by atoms with Crippen LogP contribution in [-0.2, 0) is 0 Å². The van der Waals surface area contributed by atoms with E-state index in [-0.39, 0.29) is 11.3 Å². The third-order valence-electron chi connectivity index (χ3n) is 2.33. The molecule has 0 unspecified atom stereocenters. The number of hydrogen-bond acceptors (Lipinski definition) is 2. The Labute approximate surface area is 116 Å². The third kappa shape index (κ3) is 2.59. The molecule has 0 bridgehead atoms. The zero-order valence-electron chi connectivity index (χ0n) is 9.05. The Morgan fingerprint density at radius 1 is 1.00 bits per heavy atom. The lowest BCUT2D eigenvalue weighted by Gasteiger charge is -2.08. The average molecular weight is 356 g/mol. The van der Waals surface area contributed by atoms with Crippen molar-refractivity contribution in [2.24, 2.45) is 0 Å². The van der Waals surface area contributed by atoms with Crippen LogP contribution in [0.5, 0.6) is 0 Å². The number of hydrogen-bond donors (Lipinski definition) is 1. The van der Waals surface area contributed by atoms with Crippen LogP contribution >= 0.6 is 22.6 Å². The van der Waals surface area contributed by atoms with Gasteiger partial charge in [-0.1, -0.05) is 0 Å². The highest BCUT2D eigenvalue weighted by Crippen LogP contribution is 2.24. The van der Waals surface area contributed by atoms with Crippen molar-refractivity contribution in [3.05, 3.63) is 57.2 Å². The van der Waals surface area contributed by atoms with E-state index >= 15 is 0 Å². The molecule has 0 aromatic heterocycles. The van der Waals surface area contributed by atoms with Gasteiger partial charge in [0, 0.05) is 9.26 Å². The SMILES string of the molecule is N#Cc1ccc(Nc2ccc(I)cc2)c(F)c1F. The van der Waals surface area contributed by atoms with Crippen molar-refractivity contribution >= 4 is 34.0 Å². The molecule has 0 aliphatic heterocycles. The molecule has 0 saturated carbocycles. The van der Waals surface area contributed by atoms with Crippen molar-refractivity contribution in [3.63, 3.8) is 0 Å². The normalized spacial score (nSPS) is 9.89. The van der Waals surface area contributed by atoms with E-state index in [9.17, 15) is 8.78 Å². The minimum atomic E-state index is -1.13. The third-order valence-corrected chi connectivity index (χ3v) is 3.05. The fourth-order valence-corrected chi connectivity index (χ4v) is 1.78. The average Bonchev–Trinajstić information content (AvgIpc) is 2.38. The van der Waals surface area contributed by atoms with Gasteiger partial charge in [0.15, 0.2) is 11.6 Å². The van der Waals surface area contributed by atoms with Gasteiger partial charge in [-0.2, -0.15) is 5.26 Å². The highest BCUT2D eigenvalue weighted by molar-refractivity contribution is 14.1. The van der Waals surface area contributed by atoms with E-state index in [1.54, 1.807) is 18.2 Å². The fourth-order valence-electron chi connectivity index (χ4n) is 1.42. The maximum Gasteiger partial charge on any atom is 0.183 e. The molecule has 0 atom stereocenters. The van der Waals surface area contributed by atoms with Gasteiger partial charge in [0.2, 0.25) is 0 Å². The van der Waals surface area contributed by atoms with Gasteiger partial charge in [-0.15, -0.1) is 0 Å². The van der Waals surface area contributed by atoms with E-state index in [2.05, 4.69) is 27.9 Å². The van der Waals surface area contributed by atoms with Crippen molar-refractivity contribution in [1.29, 1.82) is 5.26 Å². The molecular formula is C13H7F2IN2.